The predicted octanol–water partition coefficient (Wildman–Crippen LogP) is 2.47. The van der Waals surface area contributed by atoms with Crippen LogP contribution >= 0.6 is 0 Å². The molecule has 140 valence electrons. The number of amides is 1. The molecule has 0 aliphatic heterocycles. The molecule has 0 spiro atoms. The first-order valence-electron chi connectivity index (χ1n) is 8.19. The summed E-state index contributed by atoms with van der Waals surface area (Å²) in [4.78, 5) is 12.6. The molecule has 0 fully saturated rings. The first-order valence-corrected chi connectivity index (χ1v) is 10.0. The summed E-state index contributed by atoms with van der Waals surface area (Å²) in [6.07, 6.45) is 1.08. The third-order valence-corrected chi connectivity index (χ3v) is 5.35. The van der Waals surface area contributed by atoms with E-state index >= 15 is 0 Å². The van der Waals surface area contributed by atoms with Crippen LogP contribution in [0.4, 0.5) is 5.69 Å². The molecule has 1 atom stereocenters. The van der Waals surface area contributed by atoms with Gasteiger partial charge in [0.2, 0.25) is 15.9 Å². The van der Waals surface area contributed by atoms with Gasteiger partial charge in [-0.15, -0.1) is 0 Å². The van der Waals surface area contributed by atoms with Gasteiger partial charge >= 0.3 is 0 Å². The molecule has 1 amide bonds. The average molecular weight is 376 g/mol. The molecular weight excluding hydrogens is 352 g/mol. The van der Waals surface area contributed by atoms with E-state index in [1.54, 1.807) is 31.2 Å². The van der Waals surface area contributed by atoms with Gasteiger partial charge in [-0.3, -0.25) is 9.10 Å². The SMILES string of the molecule is COc1cccc(N(C(C)C(=O)NCc2ccccc2C)S(C)(=O)=O)c1. The number of carbonyl (C=O) groups is 1. The number of ether oxygens (including phenoxy) is 1. The zero-order chi connectivity index (χ0) is 19.3. The van der Waals surface area contributed by atoms with Gasteiger partial charge in [0.15, 0.2) is 0 Å². The molecular formula is C19H24N2O4S. The van der Waals surface area contributed by atoms with Crippen molar-refractivity contribution in [1.29, 1.82) is 0 Å². The van der Waals surface area contributed by atoms with Crippen LogP contribution in [0.25, 0.3) is 0 Å². The Hall–Kier alpha value is -2.54. The summed E-state index contributed by atoms with van der Waals surface area (Å²) in [6.45, 7) is 3.86. The molecule has 2 aromatic rings. The minimum Gasteiger partial charge on any atom is -0.497 e. The lowest BCUT2D eigenvalue weighted by molar-refractivity contribution is -0.122. The fraction of sp³-hybridized carbons (Fsp3) is 0.316. The predicted molar refractivity (Wildman–Crippen MR) is 103 cm³/mol. The lowest BCUT2D eigenvalue weighted by Gasteiger charge is -2.28. The molecule has 0 radical (unpaired) electrons. The number of aryl methyl sites for hydroxylation is 1. The van der Waals surface area contributed by atoms with Gasteiger partial charge in [0.05, 0.1) is 19.1 Å². The number of sulfonamides is 1. The highest BCUT2D eigenvalue weighted by atomic mass is 32.2. The summed E-state index contributed by atoms with van der Waals surface area (Å²) in [6, 6.07) is 13.4. The zero-order valence-corrected chi connectivity index (χ0v) is 16.2. The molecule has 7 heteroatoms. The summed E-state index contributed by atoms with van der Waals surface area (Å²) in [5, 5.41) is 2.81. The number of nitrogens with one attached hydrogen (secondary N) is 1. The van der Waals surface area contributed by atoms with E-state index in [0.717, 1.165) is 21.7 Å². The first kappa shape index (κ1) is 19.8. The number of hydrogen-bond acceptors (Lipinski definition) is 4. The number of hydrogen-bond donors (Lipinski definition) is 1. The number of nitrogens with zero attached hydrogens (tertiary/aromatic N) is 1. The van der Waals surface area contributed by atoms with Crippen LogP contribution in [0.2, 0.25) is 0 Å². The van der Waals surface area contributed by atoms with E-state index in [-0.39, 0.29) is 5.91 Å². The maximum Gasteiger partial charge on any atom is 0.243 e. The zero-order valence-electron chi connectivity index (χ0n) is 15.4. The average Bonchev–Trinajstić information content (AvgIpc) is 2.59. The largest absolute Gasteiger partial charge is 0.497 e. The van der Waals surface area contributed by atoms with Crippen molar-refractivity contribution in [2.24, 2.45) is 0 Å². The quantitative estimate of drug-likeness (QED) is 0.805. The third kappa shape index (κ3) is 4.76. The van der Waals surface area contributed by atoms with Crippen molar-refractivity contribution >= 4 is 21.6 Å². The van der Waals surface area contributed by atoms with Crippen molar-refractivity contribution in [3.05, 3.63) is 59.7 Å². The van der Waals surface area contributed by atoms with Crippen molar-refractivity contribution in [2.75, 3.05) is 17.7 Å². The first-order chi connectivity index (χ1) is 12.2. The summed E-state index contributed by atoms with van der Waals surface area (Å²) < 4.78 is 30.9. The Kier molecular flexibility index (Phi) is 6.26. The molecule has 1 unspecified atom stereocenters. The van der Waals surface area contributed by atoms with Crippen molar-refractivity contribution in [1.82, 2.24) is 5.32 Å². The van der Waals surface area contributed by atoms with E-state index in [1.807, 2.05) is 31.2 Å². The standard InChI is InChI=1S/C19H24N2O4S/c1-14-8-5-6-9-16(14)13-20-19(22)15(2)21(26(4,23)24)17-10-7-11-18(12-17)25-3/h5-12,15H,13H2,1-4H3,(H,20,22). The molecule has 6 nitrogen and oxygen atoms in total. The molecule has 0 aliphatic carbocycles. The van der Waals surface area contributed by atoms with Gasteiger partial charge in [0.1, 0.15) is 11.8 Å². The highest BCUT2D eigenvalue weighted by molar-refractivity contribution is 7.92. The highest BCUT2D eigenvalue weighted by Gasteiger charge is 2.29. The van der Waals surface area contributed by atoms with E-state index in [4.69, 9.17) is 4.74 Å². The molecule has 0 aromatic heterocycles. The Morgan fingerprint density at radius 2 is 1.88 bits per heavy atom. The summed E-state index contributed by atoms with van der Waals surface area (Å²) in [7, 11) is -2.16. The second kappa shape index (κ2) is 8.23. The summed E-state index contributed by atoms with van der Waals surface area (Å²) in [5.74, 6) is 0.144. The van der Waals surface area contributed by atoms with Gasteiger partial charge < -0.3 is 10.1 Å². The van der Waals surface area contributed by atoms with Crippen LogP contribution in [0.1, 0.15) is 18.1 Å². The van der Waals surface area contributed by atoms with Crippen LogP contribution in [-0.4, -0.2) is 33.7 Å². The normalized spacial score (nSPS) is 12.3. The fourth-order valence-corrected chi connectivity index (χ4v) is 3.86. The van der Waals surface area contributed by atoms with Crippen molar-refractivity contribution in [3.8, 4) is 5.75 Å². The van der Waals surface area contributed by atoms with Crippen LogP contribution in [-0.2, 0) is 21.4 Å². The Labute approximate surface area is 154 Å². The van der Waals surface area contributed by atoms with Crippen LogP contribution < -0.4 is 14.4 Å². The van der Waals surface area contributed by atoms with Gasteiger partial charge in [-0.1, -0.05) is 30.3 Å². The lowest BCUT2D eigenvalue weighted by atomic mass is 10.1. The molecule has 0 saturated heterocycles. The molecule has 0 bridgehead atoms. The Bertz CT molecular complexity index is 881. The number of rotatable bonds is 7. The van der Waals surface area contributed by atoms with Crippen molar-refractivity contribution in [2.45, 2.75) is 26.4 Å². The second-order valence-corrected chi connectivity index (χ2v) is 7.94. The summed E-state index contributed by atoms with van der Waals surface area (Å²) in [5.41, 5.74) is 2.43. The van der Waals surface area contributed by atoms with Crippen LogP contribution in [0.3, 0.4) is 0 Å². The second-order valence-electron chi connectivity index (χ2n) is 6.08. The number of anilines is 1. The Balaban J connectivity index is 2.22. The maximum atomic E-state index is 12.6. The fourth-order valence-electron chi connectivity index (χ4n) is 2.69. The van der Waals surface area contributed by atoms with Gasteiger partial charge in [0, 0.05) is 12.6 Å². The molecule has 0 saturated carbocycles. The molecule has 1 N–H and O–H groups in total. The van der Waals surface area contributed by atoms with Crippen LogP contribution in [0.5, 0.6) is 5.75 Å². The number of carbonyl (C=O) groups excluding carboxylic acids is 1. The Morgan fingerprint density at radius 1 is 1.19 bits per heavy atom. The molecule has 0 aliphatic rings. The minimum absolute atomic E-state index is 0.339. The monoisotopic (exact) mass is 376 g/mol. The smallest absolute Gasteiger partial charge is 0.243 e. The van der Waals surface area contributed by atoms with Gasteiger partial charge in [-0.2, -0.15) is 0 Å². The minimum atomic E-state index is -3.66. The third-order valence-electron chi connectivity index (χ3n) is 4.11. The van der Waals surface area contributed by atoms with Crippen LogP contribution in [0.15, 0.2) is 48.5 Å². The molecule has 0 heterocycles. The van der Waals surface area contributed by atoms with Gasteiger partial charge in [-0.05, 0) is 37.1 Å². The molecule has 2 aromatic carbocycles. The van der Waals surface area contributed by atoms with E-state index in [9.17, 15) is 13.2 Å². The summed E-state index contributed by atoms with van der Waals surface area (Å²) >= 11 is 0. The highest BCUT2D eigenvalue weighted by Crippen LogP contribution is 2.25. The van der Waals surface area contributed by atoms with Gasteiger partial charge in [0.25, 0.3) is 0 Å². The maximum absolute atomic E-state index is 12.6. The van der Waals surface area contributed by atoms with Crippen LogP contribution in [0, 0.1) is 6.92 Å². The lowest BCUT2D eigenvalue weighted by Crippen LogP contribution is -2.47. The van der Waals surface area contributed by atoms with E-state index in [1.165, 1.54) is 7.11 Å². The van der Waals surface area contributed by atoms with Crippen molar-refractivity contribution < 1.29 is 17.9 Å². The molecule has 26 heavy (non-hydrogen) atoms. The van der Waals surface area contributed by atoms with E-state index in [0.29, 0.717) is 18.0 Å². The number of methoxy groups -OCH3 is 1. The topological polar surface area (TPSA) is 75.7 Å². The van der Waals surface area contributed by atoms with E-state index < -0.39 is 16.1 Å². The molecule has 2 rings (SSSR count). The number of benzene rings is 2. The van der Waals surface area contributed by atoms with E-state index in [2.05, 4.69) is 5.32 Å². The Morgan fingerprint density at radius 3 is 2.50 bits per heavy atom. The van der Waals surface area contributed by atoms with Gasteiger partial charge in [-0.25, -0.2) is 8.42 Å². The van der Waals surface area contributed by atoms with Crippen molar-refractivity contribution in [3.63, 3.8) is 0 Å².